The number of aryl methyl sites for hydroxylation is 2. The van der Waals surface area contributed by atoms with Crippen molar-refractivity contribution in [3.05, 3.63) is 59.2 Å². The minimum absolute atomic E-state index is 0.0571. The second kappa shape index (κ2) is 9.54. The Labute approximate surface area is 176 Å². The lowest BCUT2D eigenvalue weighted by Gasteiger charge is -2.30. The van der Waals surface area contributed by atoms with Gasteiger partial charge in [0.2, 0.25) is 11.8 Å². The molecule has 1 fully saturated rings. The summed E-state index contributed by atoms with van der Waals surface area (Å²) in [6.07, 6.45) is 1.31. The zero-order valence-electron chi connectivity index (χ0n) is 17.4. The van der Waals surface area contributed by atoms with E-state index >= 15 is 0 Å². The SMILES string of the molecule is Cc1cc(C)cc(NC(=O)CN2CCC(C(=O)Nc3ccccc3C(N)=O)CC2)c1. The molecule has 4 N–H and O–H groups in total. The second-order valence-corrected chi connectivity index (χ2v) is 7.87. The number of nitrogens with two attached hydrogens (primary N) is 1. The number of hydrogen-bond acceptors (Lipinski definition) is 4. The van der Waals surface area contributed by atoms with E-state index in [9.17, 15) is 14.4 Å². The first-order valence-corrected chi connectivity index (χ1v) is 10.1. The molecule has 0 atom stereocenters. The normalized spacial score (nSPS) is 14.9. The van der Waals surface area contributed by atoms with E-state index in [1.807, 2.05) is 26.0 Å². The van der Waals surface area contributed by atoms with Crippen LogP contribution >= 0.6 is 0 Å². The molecule has 30 heavy (non-hydrogen) atoms. The van der Waals surface area contributed by atoms with Crippen LogP contribution in [0.2, 0.25) is 0 Å². The highest BCUT2D eigenvalue weighted by Crippen LogP contribution is 2.21. The average Bonchev–Trinajstić information content (AvgIpc) is 2.67. The number of nitrogens with one attached hydrogen (secondary N) is 2. The predicted octanol–water partition coefficient (Wildman–Crippen LogP) is 2.69. The van der Waals surface area contributed by atoms with Gasteiger partial charge in [0.25, 0.3) is 5.91 Å². The van der Waals surface area contributed by atoms with E-state index in [0.717, 1.165) is 16.8 Å². The largest absolute Gasteiger partial charge is 0.366 e. The molecule has 0 spiro atoms. The van der Waals surface area contributed by atoms with Crippen LogP contribution in [0.25, 0.3) is 0 Å². The first-order chi connectivity index (χ1) is 14.3. The van der Waals surface area contributed by atoms with Crippen LogP contribution in [0.5, 0.6) is 0 Å². The second-order valence-electron chi connectivity index (χ2n) is 7.87. The van der Waals surface area contributed by atoms with E-state index in [1.165, 1.54) is 0 Å². The number of likely N-dealkylation sites (tertiary alicyclic amines) is 1. The number of primary amides is 1. The Morgan fingerprint density at radius 1 is 1.00 bits per heavy atom. The summed E-state index contributed by atoms with van der Waals surface area (Å²) in [4.78, 5) is 38.6. The number of carbonyl (C=O) groups is 3. The van der Waals surface area contributed by atoms with Crippen LogP contribution in [0.15, 0.2) is 42.5 Å². The minimum atomic E-state index is -0.574. The average molecular weight is 409 g/mol. The number of carbonyl (C=O) groups excluding carboxylic acids is 3. The highest BCUT2D eigenvalue weighted by molar-refractivity contribution is 6.03. The third-order valence-corrected chi connectivity index (χ3v) is 5.28. The Balaban J connectivity index is 1.49. The summed E-state index contributed by atoms with van der Waals surface area (Å²) in [6.45, 7) is 5.62. The van der Waals surface area contributed by atoms with Crippen LogP contribution < -0.4 is 16.4 Å². The summed E-state index contributed by atoms with van der Waals surface area (Å²) in [7, 11) is 0. The molecule has 0 aromatic heterocycles. The topological polar surface area (TPSA) is 105 Å². The molecule has 1 aliphatic heterocycles. The molecule has 1 heterocycles. The van der Waals surface area contributed by atoms with Crippen molar-refractivity contribution < 1.29 is 14.4 Å². The summed E-state index contributed by atoms with van der Waals surface area (Å²) >= 11 is 0. The monoisotopic (exact) mass is 408 g/mol. The van der Waals surface area contributed by atoms with Crippen LogP contribution in [0.4, 0.5) is 11.4 Å². The molecule has 1 saturated heterocycles. The van der Waals surface area contributed by atoms with Gasteiger partial charge in [0, 0.05) is 11.6 Å². The maximum Gasteiger partial charge on any atom is 0.250 e. The standard InChI is InChI=1S/C23H28N4O3/c1-15-11-16(2)13-18(12-15)25-21(28)14-27-9-7-17(8-10-27)23(30)26-20-6-4-3-5-19(20)22(24)29/h3-6,11-13,17H,7-10,14H2,1-2H3,(H2,24,29)(H,25,28)(H,26,30). The van der Waals surface area contributed by atoms with E-state index in [1.54, 1.807) is 24.3 Å². The number of nitrogens with zero attached hydrogens (tertiary/aromatic N) is 1. The van der Waals surface area contributed by atoms with E-state index in [-0.39, 0.29) is 17.7 Å². The first-order valence-electron chi connectivity index (χ1n) is 10.1. The van der Waals surface area contributed by atoms with Gasteiger partial charge in [0.15, 0.2) is 0 Å². The molecule has 0 saturated carbocycles. The van der Waals surface area contributed by atoms with Crippen molar-refractivity contribution in [2.24, 2.45) is 11.7 Å². The van der Waals surface area contributed by atoms with Gasteiger partial charge in [-0.1, -0.05) is 18.2 Å². The predicted molar refractivity (Wildman–Crippen MR) is 117 cm³/mol. The summed E-state index contributed by atoms with van der Waals surface area (Å²) in [5.41, 5.74) is 9.12. The lowest BCUT2D eigenvalue weighted by molar-refractivity contribution is -0.121. The van der Waals surface area contributed by atoms with Gasteiger partial charge in [-0.3, -0.25) is 19.3 Å². The number of anilines is 2. The fourth-order valence-electron chi connectivity index (χ4n) is 3.85. The molecular formula is C23H28N4O3. The molecule has 3 rings (SSSR count). The van der Waals surface area contributed by atoms with Crippen LogP contribution in [0, 0.1) is 19.8 Å². The van der Waals surface area contributed by atoms with Crippen LogP contribution in [-0.2, 0) is 9.59 Å². The molecule has 0 bridgehead atoms. The quantitative estimate of drug-likeness (QED) is 0.683. The maximum atomic E-state index is 12.6. The number of benzene rings is 2. The van der Waals surface area contributed by atoms with Crippen molar-refractivity contribution in [3.8, 4) is 0 Å². The van der Waals surface area contributed by atoms with Crippen molar-refractivity contribution in [1.29, 1.82) is 0 Å². The molecule has 7 heteroatoms. The third kappa shape index (κ3) is 5.67. The van der Waals surface area contributed by atoms with Crippen molar-refractivity contribution in [2.45, 2.75) is 26.7 Å². The van der Waals surface area contributed by atoms with E-state index in [4.69, 9.17) is 5.73 Å². The van der Waals surface area contributed by atoms with E-state index in [2.05, 4.69) is 21.6 Å². The Kier molecular flexibility index (Phi) is 6.84. The highest BCUT2D eigenvalue weighted by Gasteiger charge is 2.26. The number of piperidine rings is 1. The summed E-state index contributed by atoms with van der Waals surface area (Å²) < 4.78 is 0. The smallest absolute Gasteiger partial charge is 0.250 e. The van der Waals surface area contributed by atoms with E-state index in [0.29, 0.717) is 43.7 Å². The van der Waals surface area contributed by atoms with Crippen LogP contribution in [0.1, 0.15) is 34.3 Å². The fourth-order valence-corrected chi connectivity index (χ4v) is 3.85. The molecule has 0 radical (unpaired) electrons. The Hall–Kier alpha value is -3.19. The first kappa shape index (κ1) is 21.5. The van der Waals surface area contributed by atoms with E-state index < -0.39 is 5.91 Å². The van der Waals surface area contributed by atoms with Gasteiger partial charge in [0.05, 0.1) is 17.8 Å². The Morgan fingerprint density at radius 2 is 1.63 bits per heavy atom. The fraction of sp³-hybridized carbons (Fsp3) is 0.348. The Bertz CT molecular complexity index is 929. The molecule has 158 valence electrons. The number of para-hydroxylation sites is 1. The van der Waals surface area contributed by atoms with Crippen LogP contribution in [0.3, 0.4) is 0 Å². The lowest BCUT2D eigenvalue weighted by Crippen LogP contribution is -2.41. The lowest BCUT2D eigenvalue weighted by atomic mass is 9.95. The number of rotatable bonds is 6. The van der Waals surface area contributed by atoms with Crippen LogP contribution in [-0.4, -0.2) is 42.3 Å². The zero-order valence-corrected chi connectivity index (χ0v) is 17.4. The zero-order chi connectivity index (χ0) is 21.7. The van der Waals surface area contributed by atoms with Crippen molar-refractivity contribution in [1.82, 2.24) is 4.90 Å². The Morgan fingerprint density at radius 3 is 2.27 bits per heavy atom. The summed E-state index contributed by atoms with van der Waals surface area (Å²) in [6, 6.07) is 12.7. The van der Waals surface area contributed by atoms with Gasteiger partial charge in [-0.2, -0.15) is 0 Å². The molecule has 1 aliphatic rings. The third-order valence-electron chi connectivity index (χ3n) is 5.28. The maximum absolute atomic E-state index is 12.6. The molecule has 2 aromatic rings. The van der Waals surface area contributed by atoms with Gasteiger partial charge < -0.3 is 16.4 Å². The number of amides is 3. The van der Waals surface area contributed by atoms with Gasteiger partial charge in [0.1, 0.15) is 0 Å². The van der Waals surface area contributed by atoms with Crippen molar-refractivity contribution in [3.63, 3.8) is 0 Å². The number of hydrogen-bond donors (Lipinski definition) is 3. The van der Waals surface area contributed by atoms with Crippen molar-refractivity contribution in [2.75, 3.05) is 30.3 Å². The highest BCUT2D eigenvalue weighted by atomic mass is 16.2. The molecule has 0 unspecified atom stereocenters. The molecule has 2 aromatic carbocycles. The van der Waals surface area contributed by atoms with Gasteiger partial charge in [-0.05, 0) is 75.2 Å². The van der Waals surface area contributed by atoms with Gasteiger partial charge >= 0.3 is 0 Å². The van der Waals surface area contributed by atoms with Gasteiger partial charge in [-0.15, -0.1) is 0 Å². The molecule has 3 amide bonds. The molecule has 0 aliphatic carbocycles. The van der Waals surface area contributed by atoms with Crippen molar-refractivity contribution >= 4 is 29.1 Å². The van der Waals surface area contributed by atoms with Gasteiger partial charge in [-0.25, -0.2) is 0 Å². The minimum Gasteiger partial charge on any atom is -0.366 e. The summed E-state index contributed by atoms with van der Waals surface area (Å²) in [5, 5.41) is 5.77. The summed E-state index contributed by atoms with van der Waals surface area (Å²) in [5.74, 6) is -0.915. The molecular weight excluding hydrogens is 380 g/mol. The molecule has 7 nitrogen and oxygen atoms in total.